The van der Waals surface area contributed by atoms with Crippen LogP contribution in [0.25, 0.3) is 0 Å². The lowest BCUT2D eigenvalue weighted by Gasteiger charge is -2.14. The van der Waals surface area contributed by atoms with E-state index in [0.717, 1.165) is 11.4 Å². The largest absolute Gasteiger partial charge is 0.395 e. The second-order valence-corrected chi connectivity index (χ2v) is 4.27. The summed E-state index contributed by atoms with van der Waals surface area (Å²) in [6.07, 6.45) is 0. The van der Waals surface area contributed by atoms with Crippen molar-refractivity contribution in [1.29, 1.82) is 0 Å². The Morgan fingerprint density at radius 1 is 1.06 bits per heavy atom. The number of nitrogens with one attached hydrogen (secondary N) is 1. The lowest BCUT2D eigenvalue weighted by molar-refractivity contribution is 0.633. The van der Waals surface area contributed by atoms with E-state index in [2.05, 4.69) is 5.32 Å². The van der Waals surface area contributed by atoms with E-state index in [1.54, 1.807) is 12.1 Å². The molecule has 0 bridgehead atoms. The zero-order chi connectivity index (χ0) is 13.1. The predicted molar refractivity (Wildman–Crippen MR) is 74.9 cm³/mol. The van der Waals surface area contributed by atoms with E-state index < -0.39 is 5.82 Å². The van der Waals surface area contributed by atoms with Gasteiger partial charge >= 0.3 is 0 Å². The van der Waals surface area contributed by atoms with E-state index in [9.17, 15) is 4.39 Å². The fourth-order valence-corrected chi connectivity index (χ4v) is 1.64. The number of nitrogen functional groups attached to an aromatic ring is 1. The quantitative estimate of drug-likeness (QED) is 0.816. The highest BCUT2D eigenvalue weighted by molar-refractivity contribution is 5.73. The van der Waals surface area contributed by atoms with Crippen molar-refractivity contribution >= 4 is 22.7 Å². The van der Waals surface area contributed by atoms with Gasteiger partial charge in [0.1, 0.15) is 5.82 Å². The topological polar surface area (TPSA) is 41.3 Å². The van der Waals surface area contributed by atoms with Gasteiger partial charge < -0.3 is 16.0 Å². The second kappa shape index (κ2) is 4.96. The van der Waals surface area contributed by atoms with Crippen LogP contribution in [-0.4, -0.2) is 14.1 Å². The summed E-state index contributed by atoms with van der Waals surface area (Å²) in [5.41, 5.74) is 8.35. The summed E-state index contributed by atoms with van der Waals surface area (Å²) < 4.78 is 13.3. The number of benzene rings is 2. The minimum Gasteiger partial charge on any atom is -0.395 e. The molecule has 4 heteroatoms. The molecule has 2 aromatic carbocycles. The molecular formula is C14H16FN3. The van der Waals surface area contributed by atoms with Gasteiger partial charge in [-0.25, -0.2) is 4.39 Å². The Morgan fingerprint density at radius 3 is 2.33 bits per heavy atom. The molecule has 94 valence electrons. The highest BCUT2D eigenvalue weighted by Gasteiger charge is 2.04. The predicted octanol–water partition coefficient (Wildman–Crippen LogP) is 3.22. The van der Waals surface area contributed by atoms with E-state index in [4.69, 9.17) is 5.73 Å². The summed E-state index contributed by atoms with van der Waals surface area (Å²) in [6, 6.07) is 12.5. The maximum Gasteiger partial charge on any atom is 0.148 e. The smallest absolute Gasteiger partial charge is 0.148 e. The monoisotopic (exact) mass is 245 g/mol. The average Bonchev–Trinajstić information content (AvgIpc) is 2.36. The molecule has 2 rings (SSSR count). The van der Waals surface area contributed by atoms with E-state index in [0.29, 0.717) is 5.69 Å². The molecule has 0 saturated heterocycles. The molecular weight excluding hydrogens is 229 g/mol. The Morgan fingerprint density at radius 2 is 1.72 bits per heavy atom. The summed E-state index contributed by atoms with van der Waals surface area (Å²) >= 11 is 0. The van der Waals surface area contributed by atoms with Crippen LogP contribution < -0.4 is 16.0 Å². The first-order chi connectivity index (χ1) is 8.58. The SMILES string of the molecule is CN(C)c1ccc(Nc2cccc(F)c2N)cc1. The van der Waals surface area contributed by atoms with Gasteiger partial charge in [0.15, 0.2) is 0 Å². The Balaban J connectivity index is 2.21. The summed E-state index contributed by atoms with van der Waals surface area (Å²) in [6.45, 7) is 0. The molecule has 0 atom stereocenters. The van der Waals surface area contributed by atoms with Crippen molar-refractivity contribution in [2.45, 2.75) is 0 Å². The number of nitrogens with zero attached hydrogens (tertiary/aromatic N) is 1. The molecule has 3 N–H and O–H groups in total. The number of rotatable bonds is 3. The van der Waals surface area contributed by atoms with Gasteiger partial charge in [0.2, 0.25) is 0 Å². The Kier molecular flexibility index (Phi) is 3.37. The molecule has 2 aromatic rings. The second-order valence-electron chi connectivity index (χ2n) is 4.27. The van der Waals surface area contributed by atoms with Crippen molar-refractivity contribution < 1.29 is 4.39 Å². The molecule has 0 radical (unpaired) electrons. The van der Waals surface area contributed by atoms with E-state index in [1.165, 1.54) is 6.07 Å². The standard InChI is InChI=1S/C14H16FN3/c1-18(2)11-8-6-10(7-9-11)17-13-5-3-4-12(15)14(13)16/h3-9,17H,16H2,1-2H3. The van der Waals surface area contributed by atoms with Gasteiger partial charge in [-0.15, -0.1) is 0 Å². The molecule has 0 spiro atoms. The van der Waals surface area contributed by atoms with Crippen LogP contribution in [0.2, 0.25) is 0 Å². The van der Waals surface area contributed by atoms with Crippen LogP contribution in [0.1, 0.15) is 0 Å². The molecule has 0 aromatic heterocycles. The normalized spacial score (nSPS) is 10.2. The van der Waals surface area contributed by atoms with Gasteiger partial charge in [0.05, 0.1) is 11.4 Å². The molecule has 0 aliphatic carbocycles. The summed E-state index contributed by atoms with van der Waals surface area (Å²) in [5.74, 6) is -0.412. The third-order valence-electron chi connectivity index (χ3n) is 2.72. The van der Waals surface area contributed by atoms with E-state index in [1.807, 2.05) is 43.3 Å². The van der Waals surface area contributed by atoms with E-state index >= 15 is 0 Å². The van der Waals surface area contributed by atoms with Crippen LogP contribution in [0, 0.1) is 5.82 Å². The van der Waals surface area contributed by atoms with Crippen molar-refractivity contribution in [1.82, 2.24) is 0 Å². The van der Waals surface area contributed by atoms with Crippen LogP contribution in [0.5, 0.6) is 0 Å². The summed E-state index contributed by atoms with van der Waals surface area (Å²) in [5, 5.41) is 3.10. The maximum absolute atomic E-state index is 13.3. The van der Waals surface area contributed by atoms with Crippen molar-refractivity contribution in [2.75, 3.05) is 30.0 Å². The Bertz CT molecular complexity index is 535. The van der Waals surface area contributed by atoms with Crippen molar-refractivity contribution in [3.8, 4) is 0 Å². The number of hydrogen-bond acceptors (Lipinski definition) is 3. The van der Waals surface area contributed by atoms with Gasteiger partial charge in [-0.05, 0) is 36.4 Å². The summed E-state index contributed by atoms with van der Waals surface area (Å²) in [4.78, 5) is 2.01. The number of anilines is 4. The highest BCUT2D eigenvalue weighted by Crippen LogP contribution is 2.26. The van der Waals surface area contributed by atoms with Crippen LogP contribution in [-0.2, 0) is 0 Å². The first kappa shape index (κ1) is 12.2. The van der Waals surface area contributed by atoms with Crippen molar-refractivity contribution in [3.63, 3.8) is 0 Å². The minimum atomic E-state index is -0.412. The molecule has 0 fully saturated rings. The summed E-state index contributed by atoms with van der Waals surface area (Å²) in [7, 11) is 3.96. The van der Waals surface area contributed by atoms with Gasteiger partial charge in [-0.1, -0.05) is 6.07 Å². The molecule has 0 heterocycles. The fraction of sp³-hybridized carbons (Fsp3) is 0.143. The van der Waals surface area contributed by atoms with Crippen molar-refractivity contribution in [3.05, 3.63) is 48.3 Å². The van der Waals surface area contributed by atoms with Crippen LogP contribution in [0.4, 0.5) is 27.1 Å². The zero-order valence-corrected chi connectivity index (χ0v) is 10.4. The first-order valence-electron chi connectivity index (χ1n) is 5.66. The number of halogens is 1. The molecule has 18 heavy (non-hydrogen) atoms. The third-order valence-corrected chi connectivity index (χ3v) is 2.72. The lowest BCUT2D eigenvalue weighted by atomic mass is 10.2. The van der Waals surface area contributed by atoms with Gasteiger partial charge in [0.25, 0.3) is 0 Å². The number of hydrogen-bond donors (Lipinski definition) is 2. The third kappa shape index (κ3) is 2.53. The highest BCUT2D eigenvalue weighted by atomic mass is 19.1. The van der Waals surface area contributed by atoms with Gasteiger partial charge in [-0.2, -0.15) is 0 Å². The van der Waals surface area contributed by atoms with Crippen LogP contribution in [0.15, 0.2) is 42.5 Å². The molecule has 0 aliphatic heterocycles. The van der Waals surface area contributed by atoms with Crippen molar-refractivity contribution in [2.24, 2.45) is 0 Å². The molecule has 0 saturated carbocycles. The number of nitrogens with two attached hydrogens (primary N) is 1. The molecule has 3 nitrogen and oxygen atoms in total. The minimum absolute atomic E-state index is 0.134. The van der Waals surface area contributed by atoms with Crippen LogP contribution >= 0.6 is 0 Å². The number of para-hydroxylation sites is 1. The molecule has 0 aliphatic rings. The lowest BCUT2D eigenvalue weighted by Crippen LogP contribution is -2.08. The average molecular weight is 245 g/mol. The van der Waals surface area contributed by atoms with E-state index in [-0.39, 0.29) is 5.69 Å². The van der Waals surface area contributed by atoms with Crippen LogP contribution in [0.3, 0.4) is 0 Å². The van der Waals surface area contributed by atoms with Gasteiger partial charge in [0, 0.05) is 25.5 Å². The molecule has 0 amide bonds. The van der Waals surface area contributed by atoms with Gasteiger partial charge in [-0.3, -0.25) is 0 Å². The zero-order valence-electron chi connectivity index (χ0n) is 10.4. The maximum atomic E-state index is 13.3. The Hall–Kier alpha value is -2.23. The fourth-order valence-electron chi connectivity index (χ4n) is 1.64. The Labute approximate surface area is 106 Å². The molecule has 0 unspecified atom stereocenters. The first-order valence-corrected chi connectivity index (χ1v) is 5.66.